The van der Waals surface area contributed by atoms with Crippen molar-refractivity contribution in [2.45, 2.75) is 18.6 Å². The van der Waals surface area contributed by atoms with Crippen molar-refractivity contribution in [3.05, 3.63) is 26.7 Å². The summed E-state index contributed by atoms with van der Waals surface area (Å²) in [6.45, 7) is 0.590. The molecule has 1 atom stereocenters. The van der Waals surface area contributed by atoms with E-state index in [4.69, 9.17) is 9.47 Å². The number of aromatic hydroxyl groups is 1. The number of aromatic nitrogens is 2. The lowest BCUT2D eigenvalue weighted by atomic mass is 10.0. The summed E-state index contributed by atoms with van der Waals surface area (Å²) in [5.74, 6) is -2.38. The molecule has 2 N–H and O–H groups in total. The molecule has 100 valence electrons. The summed E-state index contributed by atoms with van der Waals surface area (Å²) in [5.41, 5.74) is -2.93. The van der Waals surface area contributed by atoms with E-state index in [9.17, 15) is 19.1 Å². The fraction of sp³-hybridized carbons (Fsp3) is 0.600. The molecule has 0 radical (unpaired) electrons. The van der Waals surface area contributed by atoms with Crippen molar-refractivity contribution in [1.82, 2.24) is 9.55 Å². The number of ether oxygens (including phenoxy) is 2. The molecule has 1 aromatic heterocycles. The summed E-state index contributed by atoms with van der Waals surface area (Å²) >= 11 is 0. The summed E-state index contributed by atoms with van der Waals surface area (Å²) < 4.78 is 24.4. The molecule has 1 unspecified atom stereocenters. The lowest BCUT2D eigenvalue weighted by Gasteiger charge is -2.26. The van der Waals surface area contributed by atoms with Gasteiger partial charge in [-0.1, -0.05) is 0 Å². The molecule has 2 rings (SSSR count). The maximum atomic E-state index is 13.2. The Morgan fingerprint density at radius 3 is 2.89 bits per heavy atom. The highest BCUT2D eigenvalue weighted by molar-refractivity contribution is 5.10. The summed E-state index contributed by atoms with van der Waals surface area (Å²) in [4.78, 5) is 24.3. The third kappa shape index (κ3) is 2.04. The van der Waals surface area contributed by atoms with Crippen LogP contribution in [0.25, 0.3) is 0 Å². The molecule has 0 spiro atoms. The van der Waals surface area contributed by atoms with Gasteiger partial charge in [0.1, 0.15) is 5.60 Å². The van der Waals surface area contributed by atoms with Crippen LogP contribution in [0, 0.1) is 5.82 Å². The van der Waals surface area contributed by atoms with E-state index in [0.29, 0.717) is 13.0 Å². The van der Waals surface area contributed by atoms with Gasteiger partial charge in [-0.15, -0.1) is 0 Å². The van der Waals surface area contributed by atoms with Gasteiger partial charge in [0.05, 0.1) is 13.2 Å². The minimum absolute atomic E-state index is 0.0954. The highest BCUT2D eigenvalue weighted by Crippen LogP contribution is 2.25. The van der Waals surface area contributed by atoms with E-state index < -0.39 is 28.5 Å². The van der Waals surface area contributed by atoms with Crippen molar-refractivity contribution in [2.75, 3.05) is 20.3 Å². The number of H-pyrrole nitrogens is 1. The van der Waals surface area contributed by atoms with Crippen LogP contribution in [-0.2, 0) is 16.0 Å². The Labute approximate surface area is 101 Å². The standard InChI is InChI=1S/C10H13FN2O5/c1-17-10(2-3-18-5-10)4-13-8(15)6(11)7(14)12-9(13)16/h15H,2-5H2,1H3,(H,12,14,16). The van der Waals surface area contributed by atoms with Crippen molar-refractivity contribution in [3.8, 4) is 5.88 Å². The SMILES string of the molecule is COC1(Cn2c(O)c(F)c(=O)[nH]c2=O)CCOC1. The van der Waals surface area contributed by atoms with Crippen LogP contribution in [0.4, 0.5) is 4.39 Å². The first kappa shape index (κ1) is 12.8. The average molecular weight is 260 g/mol. The van der Waals surface area contributed by atoms with Crippen LogP contribution in [0.5, 0.6) is 5.88 Å². The number of nitrogens with one attached hydrogen (secondary N) is 1. The lowest BCUT2D eigenvalue weighted by molar-refractivity contribution is -0.0319. The van der Waals surface area contributed by atoms with E-state index in [0.717, 1.165) is 4.57 Å². The second kappa shape index (κ2) is 4.54. The summed E-state index contributed by atoms with van der Waals surface area (Å²) in [6, 6.07) is 0. The van der Waals surface area contributed by atoms with Crippen LogP contribution in [0.3, 0.4) is 0 Å². The number of methoxy groups -OCH3 is 1. The van der Waals surface area contributed by atoms with Gasteiger partial charge in [-0.25, -0.2) is 4.79 Å². The highest BCUT2D eigenvalue weighted by Gasteiger charge is 2.36. The molecule has 1 saturated heterocycles. The molecule has 1 aliphatic rings. The number of nitrogens with zero attached hydrogens (tertiary/aromatic N) is 1. The molecule has 2 heterocycles. The highest BCUT2D eigenvalue weighted by atomic mass is 19.1. The lowest BCUT2D eigenvalue weighted by Crippen LogP contribution is -2.42. The molecule has 1 fully saturated rings. The van der Waals surface area contributed by atoms with Gasteiger partial charge in [0.15, 0.2) is 0 Å². The largest absolute Gasteiger partial charge is 0.492 e. The third-order valence-corrected chi connectivity index (χ3v) is 3.06. The van der Waals surface area contributed by atoms with Crippen LogP contribution >= 0.6 is 0 Å². The van der Waals surface area contributed by atoms with Gasteiger partial charge < -0.3 is 14.6 Å². The Hall–Kier alpha value is -1.67. The van der Waals surface area contributed by atoms with E-state index in [1.807, 2.05) is 0 Å². The number of aromatic amines is 1. The quantitative estimate of drug-likeness (QED) is 0.741. The number of rotatable bonds is 3. The number of halogens is 1. The second-order valence-corrected chi connectivity index (χ2v) is 4.17. The Kier molecular flexibility index (Phi) is 3.22. The van der Waals surface area contributed by atoms with E-state index in [-0.39, 0.29) is 13.2 Å². The number of hydrogen-bond donors (Lipinski definition) is 2. The van der Waals surface area contributed by atoms with E-state index in [2.05, 4.69) is 0 Å². The van der Waals surface area contributed by atoms with Crippen LogP contribution in [-0.4, -0.2) is 40.6 Å². The molecular formula is C10H13FN2O5. The molecule has 0 amide bonds. The minimum atomic E-state index is -1.39. The van der Waals surface area contributed by atoms with Crippen molar-refractivity contribution < 1.29 is 19.0 Å². The van der Waals surface area contributed by atoms with Gasteiger partial charge >= 0.3 is 5.69 Å². The first-order valence-electron chi connectivity index (χ1n) is 5.33. The maximum absolute atomic E-state index is 13.2. The van der Waals surface area contributed by atoms with E-state index in [1.165, 1.54) is 7.11 Å². The van der Waals surface area contributed by atoms with Crippen molar-refractivity contribution in [1.29, 1.82) is 0 Å². The molecule has 18 heavy (non-hydrogen) atoms. The first-order chi connectivity index (χ1) is 8.49. The van der Waals surface area contributed by atoms with Crippen LogP contribution in [0.1, 0.15) is 6.42 Å². The molecule has 0 aliphatic carbocycles. The predicted octanol–water partition coefficient (Wildman–Crippen LogP) is -0.813. The van der Waals surface area contributed by atoms with Crippen LogP contribution in [0.15, 0.2) is 9.59 Å². The Morgan fingerprint density at radius 1 is 1.61 bits per heavy atom. The Balaban J connectivity index is 2.43. The molecule has 0 aromatic carbocycles. The van der Waals surface area contributed by atoms with Crippen molar-refractivity contribution in [2.24, 2.45) is 0 Å². The predicted molar refractivity (Wildman–Crippen MR) is 58.1 cm³/mol. The molecule has 0 saturated carbocycles. The van der Waals surface area contributed by atoms with Gasteiger partial charge in [0.2, 0.25) is 11.7 Å². The molecule has 8 heteroatoms. The minimum Gasteiger partial charge on any atom is -0.492 e. The zero-order chi connectivity index (χ0) is 13.3. The normalized spacial score (nSPS) is 23.4. The molecule has 7 nitrogen and oxygen atoms in total. The Bertz CT molecular complexity index is 558. The molecule has 0 bridgehead atoms. The molecule has 1 aromatic rings. The van der Waals surface area contributed by atoms with E-state index >= 15 is 0 Å². The van der Waals surface area contributed by atoms with E-state index in [1.54, 1.807) is 4.98 Å². The first-order valence-corrected chi connectivity index (χ1v) is 5.33. The maximum Gasteiger partial charge on any atom is 0.331 e. The zero-order valence-corrected chi connectivity index (χ0v) is 9.73. The van der Waals surface area contributed by atoms with Crippen LogP contribution in [0.2, 0.25) is 0 Å². The Morgan fingerprint density at radius 2 is 2.33 bits per heavy atom. The summed E-state index contributed by atoms with van der Waals surface area (Å²) in [6.07, 6.45) is 0.510. The van der Waals surface area contributed by atoms with Gasteiger partial charge in [-0.05, 0) is 0 Å². The van der Waals surface area contributed by atoms with Gasteiger partial charge in [-0.3, -0.25) is 14.3 Å². The summed E-state index contributed by atoms with van der Waals surface area (Å²) in [7, 11) is 1.44. The molecular weight excluding hydrogens is 247 g/mol. The molecule has 1 aliphatic heterocycles. The monoisotopic (exact) mass is 260 g/mol. The smallest absolute Gasteiger partial charge is 0.331 e. The van der Waals surface area contributed by atoms with Gasteiger partial charge in [0.25, 0.3) is 5.56 Å². The van der Waals surface area contributed by atoms with Gasteiger partial charge in [0, 0.05) is 20.1 Å². The average Bonchev–Trinajstić information content (AvgIpc) is 2.81. The second-order valence-electron chi connectivity index (χ2n) is 4.17. The van der Waals surface area contributed by atoms with Gasteiger partial charge in [-0.2, -0.15) is 4.39 Å². The fourth-order valence-electron chi connectivity index (χ4n) is 1.91. The fourth-order valence-corrected chi connectivity index (χ4v) is 1.91. The van der Waals surface area contributed by atoms with Crippen molar-refractivity contribution >= 4 is 0 Å². The summed E-state index contributed by atoms with van der Waals surface area (Å²) in [5, 5.41) is 9.50. The van der Waals surface area contributed by atoms with Crippen LogP contribution < -0.4 is 11.2 Å². The third-order valence-electron chi connectivity index (χ3n) is 3.06. The zero-order valence-electron chi connectivity index (χ0n) is 9.73. The van der Waals surface area contributed by atoms with Crippen molar-refractivity contribution in [3.63, 3.8) is 0 Å². The topological polar surface area (TPSA) is 93.5 Å². The number of hydrogen-bond acceptors (Lipinski definition) is 5.